The van der Waals surface area contributed by atoms with Gasteiger partial charge in [-0.2, -0.15) is 5.11 Å². The normalized spacial score (nSPS) is 12.0. The Morgan fingerprint density at radius 3 is 1.97 bits per heavy atom. The number of para-hydroxylation sites is 1. The van der Waals surface area contributed by atoms with E-state index in [-0.39, 0.29) is 82.2 Å². The maximum absolute atomic E-state index is 12.2. The molecule has 0 amide bonds. The molecule has 0 saturated heterocycles. The van der Waals surface area contributed by atoms with Crippen molar-refractivity contribution in [1.29, 1.82) is 0 Å². The van der Waals surface area contributed by atoms with Gasteiger partial charge in [0.1, 0.15) is 25.9 Å². The van der Waals surface area contributed by atoms with E-state index in [1.165, 1.54) is 12.1 Å². The smallest absolute Gasteiger partial charge is 0.870 e. The first-order valence-electron chi connectivity index (χ1n) is 7.73. The van der Waals surface area contributed by atoms with Crippen LogP contribution in [0.2, 0.25) is 0 Å². The number of nitrogens with zero attached hydrogens (tertiary/aromatic N) is 2. The molecule has 0 bridgehead atoms. The Morgan fingerprint density at radius 1 is 0.970 bits per heavy atom. The van der Waals surface area contributed by atoms with Crippen LogP contribution in [-0.2, 0) is 42.1 Å². The second kappa shape index (κ2) is 13.9. The van der Waals surface area contributed by atoms with Gasteiger partial charge in [0, 0.05) is 17.5 Å². The van der Waals surface area contributed by atoms with Gasteiger partial charge in [-0.25, -0.2) is 16.8 Å². The average molecular weight is 563 g/mol. The molecule has 2 aromatic carbocycles. The number of rotatable bonds is 7. The number of carbonyl (C=O) groups is 1. The maximum atomic E-state index is 12.2. The van der Waals surface area contributed by atoms with Crippen LogP contribution in [0.4, 0.5) is 11.4 Å². The van der Waals surface area contributed by atoms with Crippen LogP contribution in [-0.4, -0.2) is 31.7 Å². The molecule has 1 radical (unpaired) electrons. The maximum Gasteiger partial charge on any atom is 2.00 e. The number of hydrogen-bond acceptors (Lipinski definition) is 12. The van der Waals surface area contributed by atoms with Crippen LogP contribution in [0, 0.1) is 0 Å². The molecule has 169 valence electrons. The zero-order chi connectivity index (χ0) is 22.7. The Bertz CT molecular complexity index is 1270. The molecule has 17 heteroatoms. The summed E-state index contributed by atoms with van der Waals surface area (Å²) in [5, 5.41) is 33.2. The summed E-state index contributed by atoms with van der Waals surface area (Å²) in [7, 11) is -10.8. The predicted molar refractivity (Wildman–Crippen MR) is 94.1 cm³/mol. The molecular formula is C16H11CuN3Na2O9S2. The largest absolute Gasteiger partial charge is 2.00 e. The van der Waals surface area contributed by atoms with Crippen molar-refractivity contribution >= 4 is 37.4 Å². The van der Waals surface area contributed by atoms with Crippen molar-refractivity contribution in [2.24, 2.45) is 10.2 Å². The molecule has 0 aromatic heterocycles. The van der Waals surface area contributed by atoms with Crippen molar-refractivity contribution < 1.29 is 117 Å². The summed E-state index contributed by atoms with van der Waals surface area (Å²) in [6, 6.07) is 8.31. The molecule has 0 unspecified atom stereocenters. The fourth-order valence-electron chi connectivity index (χ4n) is 2.06. The number of allylic oxidation sites excluding steroid dienone is 1. The van der Waals surface area contributed by atoms with Gasteiger partial charge in [-0.1, -0.05) is 23.9 Å². The number of nitrogens with one attached hydrogen (secondary N) is 1. The van der Waals surface area contributed by atoms with Crippen LogP contribution >= 0.6 is 0 Å². The minimum atomic E-state index is -5.47. The second-order valence-electron chi connectivity index (χ2n) is 5.60. The zero-order valence-electron chi connectivity index (χ0n) is 17.2. The Hall–Kier alpha value is -0.811. The molecule has 0 aliphatic carbocycles. The molecular weight excluding hydrogens is 552 g/mol. The van der Waals surface area contributed by atoms with Crippen LogP contribution < -0.4 is 74.6 Å². The van der Waals surface area contributed by atoms with Gasteiger partial charge in [0.2, 0.25) is 0 Å². The van der Waals surface area contributed by atoms with Crippen molar-refractivity contribution in [3.63, 3.8) is 0 Å². The van der Waals surface area contributed by atoms with E-state index in [1.54, 1.807) is 18.2 Å². The zero-order valence-corrected chi connectivity index (χ0v) is 23.8. The second-order valence-corrected chi connectivity index (χ2v) is 8.33. The van der Waals surface area contributed by atoms with Crippen molar-refractivity contribution in [2.45, 2.75) is 16.7 Å². The summed E-state index contributed by atoms with van der Waals surface area (Å²) in [6.45, 7) is 0.948. The SMILES string of the molecule is CC(=O)/C(N=Nc1cc(S(=O)(=O)[O-])cc(S(=O)(=O)[O-])c1[O-])=C(/[O-])Nc1ccccc1.[Cu+2].[Na+].[Na+]. The molecule has 33 heavy (non-hydrogen) atoms. The summed E-state index contributed by atoms with van der Waals surface area (Å²) in [6.07, 6.45) is 0. The average Bonchev–Trinajstić information content (AvgIpc) is 2.61. The molecule has 0 aliphatic rings. The Labute approximate surface area is 244 Å². The standard InChI is InChI=1S/C16H15N3O9S2.Cu.2Na/c1-9(20)14(16(22)17-10-5-3-2-4-6-10)19-18-12-7-11(29(23,24)25)8-13(15(12)21)30(26,27)28;;;/h2-8,17,21-22H,1H3,(H,23,24,25)(H,26,27,28);;;/q;+2;2*+1/p-4/b16-14-,19-18?;;;. The van der Waals surface area contributed by atoms with Gasteiger partial charge in [0.05, 0.1) is 10.6 Å². The summed E-state index contributed by atoms with van der Waals surface area (Å²) >= 11 is 0. The minimum absolute atomic E-state index is 0. The van der Waals surface area contributed by atoms with Crippen LogP contribution in [0.25, 0.3) is 0 Å². The van der Waals surface area contributed by atoms with Gasteiger partial charge in [-0.3, -0.25) is 4.79 Å². The Balaban J connectivity index is 0. The minimum Gasteiger partial charge on any atom is -0.870 e. The third-order valence-corrected chi connectivity index (χ3v) is 5.06. The molecule has 0 spiro atoms. The molecule has 2 rings (SSSR count). The quantitative estimate of drug-likeness (QED) is 0.111. The van der Waals surface area contributed by atoms with Crippen LogP contribution in [0.3, 0.4) is 0 Å². The molecule has 0 saturated carbocycles. The van der Waals surface area contributed by atoms with E-state index in [0.717, 1.165) is 6.92 Å². The number of hydrogen-bond donors (Lipinski definition) is 1. The van der Waals surface area contributed by atoms with Crippen molar-refractivity contribution in [3.8, 4) is 5.75 Å². The van der Waals surface area contributed by atoms with E-state index in [9.17, 15) is 40.9 Å². The van der Waals surface area contributed by atoms with Crippen LogP contribution in [0.5, 0.6) is 5.75 Å². The summed E-state index contributed by atoms with van der Waals surface area (Å²) in [5.74, 6) is -3.49. The first-order valence-corrected chi connectivity index (χ1v) is 10.5. The van der Waals surface area contributed by atoms with Gasteiger partial charge in [-0.15, -0.1) is 5.11 Å². The summed E-state index contributed by atoms with van der Waals surface area (Å²) in [4.78, 5) is 8.93. The third-order valence-electron chi connectivity index (χ3n) is 3.40. The van der Waals surface area contributed by atoms with Gasteiger partial charge in [0.25, 0.3) is 0 Å². The van der Waals surface area contributed by atoms with Crippen molar-refractivity contribution in [3.05, 3.63) is 54.0 Å². The number of ketones is 1. The summed E-state index contributed by atoms with van der Waals surface area (Å²) < 4.78 is 67.1. The molecule has 0 aliphatic heterocycles. The van der Waals surface area contributed by atoms with Gasteiger partial charge >= 0.3 is 76.2 Å². The van der Waals surface area contributed by atoms with Crippen molar-refractivity contribution in [1.82, 2.24) is 0 Å². The number of Topliss-reactive ketones (excluding diaryl/α,β-unsaturated/α-hetero) is 1. The number of azo groups is 1. The Kier molecular flexibility index (Phi) is 14.5. The van der Waals surface area contributed by atoms with Gasteiger partial charge in [0.15, 0.2) is 5.78 Å². The van der Waals surface area contributed by atoms with Crippen LogP contribution in [0.1, 0.15) is 6.92 Å². The molecule has 0 fully saturated rings. The summed E-state index contributed by atoms with van der Waals surface area (Å²) in [5.41, 5.74) is -1.58. The topological polar surface area (TPSA) is 214 Å². The molecule has 2 aromatic rings. The molecule has 1 N–H and O–H groups in total. The number of anilines is 1. The van der Waals surface area contributed by atoms with E-state index in [4.69, 9.17) is 0 Å². The molecule has 0 atom stereocenters. The fraction of sp³-hybridized carbons (Fsp3) is 0.0625. The van der Waals surface area contributed by atoms with E-state index in [1.807, 2.05) is 0 Å². The van der Waals surface area contributed by atoms with Gasteiger partial charge < -0.3 is 24.6 Å². The van der Waals surface area contributed by atoms with E-state index >= 15 is 0 Å². The van der Waals surface area contributed by atoms with Crippen LogP contribution in [0.15, 0.2) is 74.1 Å². The third kappa shape index (κ3) is 9.76. The number of carbonyl (C=O) groups excluding carboxylic acids is 1. The Morgan fingerprint density at radius 2 is 1.52 bits per heavy atom. The monoisotopic (exact) mass is 562 g/mol. The molecule has 0 heterocycles. The van der Waals surface area contributed by atoms with Crippen molar-refractivity contribution in [2.75, 3.05) is 5.32 Å². The van der Waals surface area contributed by atoms with Gasteiger partial charge in [-0.05, 0) is 30.1 Å². The van der Waals surface area contributed by atoms with E-state index < -0.39 is 58.8 Å². The first-order chi connectivity index (χ1) is 13.8. The fourth-order valence-corrected chi connectivity index (χ4v) is 3.25. The number of benzene rings is 2. The van der Waals surface area contributed by atoms with E-state index in [0.29, 0.717) is 11.8 Å². The molecule has 12 nitrogen and oxygen atoms in total. The first kappa shape index (κ1) is 34.4. The predicted octanol–water partition coefficient (Wildman–Crippen LogP) is -6.11. The van der Waals surface area contributed by atoms with E-state index in [2.05, 4.69) is 15.5 Å².